The number of hydrogen-bond donors (Lipinski definition) is 1. The molecule has 2 aromatic heterocycles. The van der Waals surface area contributed by atoms with E-state index in [-0.39, 0.29) is 5.91 Å². The van der Waals surface area contributed by atoms with Crippen LogP contribution in [0, 0.1) is 0 Å². The highest BCUT2D eigenvalue weighted by atomic mass is 16.4. The summed E-state index contributed by atoms with van der Waals surface area (Å²) in [7, 11) is 0. The first-order valence-corrected chi connectivity index (χ1v) is 12.9. The van der Waals surface area contributed by atoms with Crippen LogP contribution >= 0.6 is 0 Å². The van der Waals surface area contributed by atoms with Crippen molar-refractivity contribution in [2.75, 3.05) is 5.32 Å². The maximum absolute atomic E-state index is 13.2. The van der Waals surface area contributed by atoms with Crippen LogP contribution < -0.4 is 10.9 Å². The van der Waals surface area contributed by atoms with E-state index >= 15 is 0 Å². The third-order valence-electron chi connectivity index (χ3n) is 7.04. The molecule has 0 spiro atoms. The molecule has 6 aromatic rings. The molecule has 0 aliphatic carbocycles. The second kappa shape index (κ2) is 10.1. The molecule has 192 valence electrons. The topological polar surface area (TPSA) is 85.3 Å². The van der Waals surface area contributed by atoms with Crippen LogP contribution in [0.5, 0.6) is 0 Å². The molecule has 0 fully saturated rings. The van der Waals surface area contributed by atoms with Gasteiger partial charge in [0.05, 0.1) is 5.56 Å². The Labute approximate surface area is 224 Å². The number of amides is 1. The summed E-state index contributed by atoms with van der Waals surface area (Å²) in [5.41, 5.74) is 5.64. The minimum atomic E-state index is -0.450. The van der Waals surface area contributed by atoms with Crippen LogP contribution in [0.4, 0.5) is 5.69 Å². The third kappa shape index (κ3) is 4.84. The van der Waals surface area contributed by atoms with Crippen molar-refractivity contribution < 1.29 is 13.6 Å². The molecule has 4 aromatic carbocycles. The molecular formula is C33H26N2O4. The van der Waals surface area contributed by atoms with Gasteiger partial charge in [-0.2, -0.15) is 0 Å². The highest BCUT2D eigenvalue weighted by molar-refractivity contribution is 6.05. The lowest BCUT2D eigenvalue weighted by Gasteiger charge is -2.08. The zero-order chi connectivity index (χ0) is 26.9. The van der Waals surface area contributed by atoms with Crippen LogP contribution in [0.1, 0.15) is 42.1 Å². The summed E-state index contributed by atoms with van der Waals surface area (Å²) in [5.74, 6) is 0.643. The van der Waals surface area contributed by atoms with Gasteiger partial charge in [-0.25, -0.2) is 9.78 Å². The summed E-state index contributed by atoms with van der Waals surface area (Å²) in [6, 6.07) is 29.6. The predicted octanol–water partition coefficient (Wildman–Crippen LogP) is 8.03. The Hall–Kier alpha value is -4.97. The van der Waals surface area contributed by atoms with Crippen molar-refractivity contribution in [3.8, 4) is 22.6 Å². The number of carbonyl (C=O) groups is 1. The van der Waals surface area contributed by atoms with Gasteiger partial charge >= 0.3 is 5.63 Å². The van der Waals surface area contributed by atoms with Crippen LogP contribution in [0.2, 0.25) is 0 Å². The normalized spacial score (nSPS) is 12.1. The summed E-state index contributed by atoms with van der Waals surface area (Å²) in [6.45, 7) is 4.36. The molecule has 0 saturated heterocycles. The fourth-order valence-electron chi connectivity index (χ4n) is 4.63. The van der Waals surface area contributed by atoms with Gasteiger partial charge in [-0.1, -0.05) is 56.3 Å². The summed E-state index contributed by atoms with van der Waals surface area (Å²) in [6.07, 6.45) is 1.05. The number of fused-ring (bicyclic) bond motifs is 2. The second-order valence-corrected chi connectivity index (χ2v) is 9.66. The third-order valence-corrected chi connectivity index (χ3v) is 7.04. The number of anilines is 1. The monoisotopic (exact) mass is 514 g/mol. The first-order valence-electron chi connectivity index (χ1n) is 12.9. The quantitative estimate of drug-likeness (QED) is 0.227. The Bertz CT molecular complexity index is 1900. The van der Waals surface area contributed by atoms with Crippen LogP contribution in [0.3, 0.4) is 0 Å². The summed E-state index contributed by atoms with van der Waals surface area (Å²) in [5, 5.41) is 3.76. The molecule has 6 heteroatoms. The Morgan fingerprint density at radius 1 is 0.846 bits per heavy atom. The summed E-state index contributed by atoms with van der Waals surface area (Å²) in [4.78, 5) is 30.5. The van der Waals surface area contributed by atoms with Crippen molar-refractivity contribution in [3.63, 3.8) is 0 Å². The number of oxazole rings is 1. The van der Waals surface area contributed by atoms with Crippen LogP contribution in [-0.2, 0) is 0 Å². The first-order chi connectivity index (χ1) is 19.0. The van der Waals surface area contributed by atoms with E-state index in [1.807, 2.05) is 48.5 Å². The molecule has 0 aliphatic rings. The molecule has 0 saturated carbocycles. The second-order valence-electron chi connectivity index (χ2n) is 9.66. The van der Waals surface area contributed by atoms with Crippen molar-refractivity contribution in [1.29, 1.82) is 0 Å². The molecule has 0 aliphatic heterocycles. The van der Waals surface area contributed by atoms with Crippen molar-refractivity contribution in [3.05, 3.63) is 119 Å². The van der Waals surface area contributed by atoms with E-state index in [0.717, 1.165) is 28.5 Å². The van der Waals surface area contributed by atoms with Gasteiger partial charge in [0.2, 0.25) is 5.89 Å². The molecule has 1 N–H and O–H groups in total. The van der Waals surface area contributed by atoms with E-state index < -0.39 is 5.63 Å². The SMILES string of the molecule is CCC(C)c1ccc2oc(-c3cccc(NC(=O)c4cccc(-c5cc6ccccc6oc5=O)c4)c3)nc2c1. The van der Waals surface area contributed by atoms with Gasteiger partial charge in [0.25, 0.3) is 5.91 Å². The molecular weight excluding hydrogens is 488 g/mol. The maximum atomic E-state index is 13.2. The number of rotatable bonds is 6. The highest BCUT2D eigenvalue weighted by Gasteiger charge is 2.14. The zero-order valence-corrected chi connectivity index (χ0v) is 21.6. The van der Waals surface area contributed by atoms with Gasteiger partial charge in [0.1, 0.15) is 11.1 Å². The molecule has 39 heavy (non-hydrogen) atoms. The van der Waals surface area contributed by atoms with Gasteiger partial charge in [-0.15, -0.1) is 0 Å². The molecule has 6 rings (SSSR count). The average molecular weight is 515 g/mol. The lowest BCUT2D eigenvalue weighted by Crippen LogP contribution is -2.12. The smallest absolute Gasteiger partial charge is 0.344 e. The van der Waals surface area contributed by atoms with E-state index in [4.69, 9.17) is 13.8 Å². The standard InChI is InChI=1S/C33H26N2O4/c1-3-20(2)21-14-15-30-28(19-21)35-32(38-30)25-11-7-12-26(17-25)34-31(36)24-10-6-9-22(16-24)27-18-23-8-4-5-13-29(23)39-33(27)37/h4-20H,3H2,1-2H3,(H,34,36). The number of carbonyl (C=O) groups excluding carboxylic acids is 1. The predicted molar refractivity (Wildman–Crippen MR) is 154 cm³/mol. The van der Waals surface area contributed by atoms with Crippen molar-refractivity contribution in [2.45, 2.75) is 26.2 Å². The largest absolute Gasteiger partial charge is 0.436 e. The van der Waals surface area contributed by atoms with Gasteiger partial charge in [-0.05, 0) is 78.1 Å². The van der Waals surface area contributed by atoms with Crippen molar-refractivity contribution in [1.82, 2.24) is 4.98 Å². The first kappa shape index (κ1) is 24.4. The van der Waals surface area contributed by atoms with Gasteiger partial charge in [0, 0.05) is 22.2 Å². The molecule has 1 amide bonds. The Morgan fingerprint density at radius 3 is 2.54 bits per heavy atom. The van der Waals surface area contributed by atoms with Gasteiger partial charge in [0.15, 0.2) is 5.58 Å². The van der Waals surface area contributed by atoms with Crippen LogP contribution in [-0.4, -0.2) is 10.9 Å². The summed E-state index contributed by atoms with van der Waals surface area (Å²) < 4.78 is 11.5. The van der Waals surface area contributed by atoms with Gasteiger partial charge in [-0.3, -0.25) is 4.79 Å². The average Bonchev–Trinajstić information content (AvgIpc) is 3.40. The van der Waals surface area contributed by atoms with E-state index in [2.05, 4.69) is 31.3 Å². The van der Waals surface area contributed by atoms with Gasteiger partial charge < -0.3 is 14.2 Å². The molecule has 0 bridgehead atoms. The van der Waals surface area contributed by atoms with E-state index in [1.54, 1.807) is 36.4 Å². The molecule has 2 heterocycles. The lowest BCUT2D eigenvalue weighted by atomic mass is 9.98. The molecule has 6 nitrogen and oxygen atoms in total. The minimum absolute atomic E-state index is 0.296. The number of nitrogens with one attached hydrogen (secondary N) is 1. The Balaban J connectivity index is 1.26. The lowest BCUT2D eigenvalue weighted by molar-refractivity contribution is 0.102. The van der Waals surface area contributed by atoms with Crippen molar-refractivity contribution in [2.24, 2.45) is 0 Å². The van der Waals surface area contributed by atoms with E-state index in [9.17, 15) is 9.59 Å². The maximum Gasteiger partial charge on any atom is 0.344 e. The number of nitrogens with zero attached hydrogens (tertiary/aromatic N) is 1. The minimum Gasteiger partial charge on any atom is -0.436 e. The fraction of sp³-hybridized carbons (Fsp3) is 0.121. The summed E-state index contributed by atoms with van der Waals surface area (Å²) >= 11 is 0. The molecule has 0 radical (unpaired) electrons. The number of aromatic nitrogens is 1. The Kier molecular flexibility index (Phi) is 6.29. The van der Waals surface area contributed by atoms with Crippen LogP contribution in [0.25, 0.3) is 44.7 Å². The van der Waals surface area contributed by atoms with Crippen molar-refractivity contribution >= 4 is 33.7 Å². The Morgan fingerprint density at radius 2 is 1.67 bits per heavy atom. The number of benzene rings is 4. The van der Waals surface area contributed by atoms with E-state index in [1.165, 1.54) is 5.56 Å². The fourth-order valence-corrected chi connectivity index (χ4v) is 4.63. The van der Waals surface area contributed by atoms with Crippen LogP contribution in [0.15, 0.2) is 111 Å². The van der Waals surface area contributed by atoms with E-state index in [0.29, 0.717) is 39.8 Å². The number of para-hydroxylation sites is 1. The highest BCUT2D eigenvalue weighted by Crippen LogP contribution is 2.29. The number of hydrogen-bond acceptors (Lipinski definition) is 5. The molecule has 1 atom stereocenters. The zero-order valence-electron chi connectivity index (χ0n) is 21.6. The molecule has 1 unspecified atom stereocenters.